The van der Waals surface area contributed by atoms with Crippen LogP contribution in [0.4, 0.5) is 5.82 Å². The second-order valence-corrected chi connectivity index (χ2v) is 8.28. The van der Waals surface area contributed by atoms with Crippen LogP contribution in [-0.2, 0) is 18.6 Å². The van der Waals surface area contributed by atoms with Crippen LogP contribution >= 0.6 is 11.8 Å². The zero-order valence-electron chi connectivity index (χ0n) is 19.0. The molecule has 0 radical (unpaired) electrons. The number of nitrogens with zero attached hydrogens (tertiary/aromatic N) is 4. The molecule has 0 spiro atoms. The van der Waals surface area contributed by atoms with Gasteiger partial charge in [0.05, 0.1) is 0 Å². The predicted molar refractivity (Wildman–Crippen MR) is 131 cm³/mol. The van der Waals surface area contributed by atoms with E-state index in [9.17, 15) is 4.79 Å². The lowest BCUT2D eigenvalue weighted by Gasteiger charge is -2.20. The molecule has 6 nitrogen and oxygen atoms in total. The van der Waals surface area contributed by atoms with Gasteiger partial charge in [0.1, 0.15) is 5.82 Å². The van der Waals surface area contributed by atoms with E-state index < -0.39 is 0 Å². The number of benzene rings is 1. The van der Waals surface area contributed by atoms with Gasteiger partial charge in [0.2, 0.25) is 0 Å². The molecule has 2 heterocycles. The summed E-state index contributed by atoms with van der Waals surface area (Å²) in [5.41, 5.74) is 3.82. The topological polar surface area (TPSA) is 71.0 Å². The number of amides is 1. The summed E-state index contributed by atoms with van der Waals surface area (Å²) in [6, 6.07) is 15.6. The first-order chi connectivity index (χ1) is 15.6. The van der Waals surface area contributed by atoms with Gasteiger partial charge in [-0.3, -0.25) is 9.78 Å². The quantitative estimate of drug-likeness (QED) is 0.342. The van der Waals surface area contributed by atoms with Gasteiger partial charge in [0, 0.05) is 61.0 Å². The first-order valence-corrected chi connectivity index (χ1v) is 12.1. The van der Waals surface area contributed by atoms with E-state index in [4.69, 9.17) is 4.98 Å². The molecule has 0 aliphatic heterocycles. The van der Waals surface area contributed by atoms with E-state index in [1.807, 2.05) is 42.5 Å². The predicted octanol–water partition coefficient (Wildman–Crippen LogP) is 4.55. The standard InChI is InChI=1S/C25H31N5OS/c1-4-21-17-23(30(5-2)6-3)29-25(28-21)32-18-19-10-12-20(13-11-19)24(31)27-16-14-22-9-7-8-15-26-22/h7-13,15,17H,4-6,14,16,18H2,1-3H3,(H,27,31). The number of pyridine rings is 1. The number of hydrogen-bond acceptors (Lipinski definition) is 6. The lowest BCUT2D eigenvalue weighted by Crippen LogP contribution is -2.25. The molecule has 3 aromatic rings. The largest absolute Gasteiger partial charge is 0.357 e. The van der Waals surface area contributed by atoms with Crippen LogP contribution in [-0.4, -0.2) is 40.5 Å². The van der Waals surface area contributed by atoms with Gasteiger partial charge >= 0.3 is 0 Å². The highest BCUT2D eigenvalue weighted by atomic mass is 32.2. The molecule has 32 heavy (non-hydrogen) atoms. The van der Waals surface area contributed by atoms with Crippen molar-refractivity contribution in [3.63, 3.8) is 0 Å². The van der Waals surface area contributed by atoms with Crippen molar-refractivity contribution >= 4 is 23.5 Å². The Morgan fingerprint density at radius 1 is 1.00 bits per heavy atom. The van der Waals surface area contributed by atoms with Crippen LogP contribution in [0.15, 0.2) is 59.9 Å². The number of aryl methyl sites for hydroxylation is 1. The van der Waals surface area contributed by atoms with Crippen molar-refractivity contribution in [2.45, 2.75) is 44.5 Å². The van der Waals surface area contributed by atoms with Crippen LogP contribution in [0.2, 0.25) is 0 Å². The molecule has 0 atom stereocenters. The zero-order chi connectivity index (χ0) is 22.8. The van der Waals surface area contributed by atoms with E-state index in [-0.39, 0.29) is 5.91 Å². The highest BCUT2D eigenvalue weighted by Gasteiger charge is 2.10. The minimum atomic E-state index is -0.0667. The van der Waals surface area contributed by atoms with Crippen molar-refractivity contribution in [3.8, 4) is 0 Å². The van der Waals surface area contributed by atoms with Crippen molar-refractivity contribution in [2.24, 2.45) is 0 Å². The average Bonchev–Trinajstić information content (AvgIpc) is 2.84. The Balaban J connectivity index is 1.55. The molecule has 1 aromatic carbocycles. The van der Waals surface area contributed by atoms with Gasteiger partial charge < -0.3 is 10.2 Å². The van der Waals surface area contributed by atoms with Crippen LogP contribution in [0.25, 0.3) is 0 Å². The van der Waals surface area contributed by atoms with Crippen LogP contribution in [0.3, 0.4) is 0 Å². The highest BCUT2D eigenvalue weighted by Crippen LogP contribution is 2.23. The number of rotatable bonds is 11. The second kappa shape index (κ2) is 12.2. The van der Waals surface area contributed by atoms with Gasteiger partial charge in [-0.2, -0.15) is 0 Å². The van der Waals surface area contributed by atoms with Gasteiger partial charge in [-0.15, -0.1) is 0 Å². The van der Waals surface area contributed by atoms with Crippen molar-refractivity contribution in [2.75, 3.05) is 24.5 Å². The fraction of sp³-hybridized carbons (Fsp3) is 0.360. The molecule has 0 saturated heterocycles. The lowest BCUT2D eigenvalue weighted by atomic mass is 10.1. The van der Waals surface area contributed by atoms with E-state index in [0.29, 0.717) is 18.5 Å². The molecule has 2 aromatic heterocycles. The zero-order valence-corrected chi connectivity index (χ0v) is 19.9. The second-order valence-electron chi connectivity index (χ2n) is 7.34. The summed E-state index contributed by atoms with van der Waals surface area (Å²) in [6.45, 7) is 8.80. The summed E-state index contributed by atoms with van der Waals surface area (Å²) in [4.78, 5) is 28.3. The summed E-state index contributed by atoms with van der Waals surface area (Å²) in [7, 11) is 0. The summed E-state index contributed by atoms with van der Waals surface area (Å²) >= 11 is 1.62. The Bertz CT molecular complexity index is 991. The maximum Gasteiger partial charge on any atom is 0.251 e. The van der Waals surface area contributed by atoms with Gasteiger partial charge in [-0.25, -0.2) is 9.97 Å². The van der Waals surface area contributed by atoms with E-state index in [2.05, 4.69) is 47.0 Å². The molecule has 168 valence electrons. The molecule has 7 heteroatoms. The molecule has 0 aliphatic rings. The van der Waals surface area contributed by atoms with Gasteiger partial charge in [-0.1, -0.05) is 36.9 Å². The molecule has 0 unspecified atom stereocenters. The summed E-state index contributed by atoms with van der Waals surface area (Å²) in [6.07, 6.45) is 3.37. The maximum atomic E-state index is 12.4. The number of nitrogens with one attached hydrogen (secondary N) is 1. The monoisotopic (exact) mass is 449 g/mol. The van der Waals surface area contributed by atoms with Crippen molar-refractivity contribution < 1.29 is 4.79 Å². The molecule has 0 bridgehead atoms. The van der Waals surface area contributed by atoms with Crippen LogP contribution in [0.5, 0.6) is 0 Å². The fourth-order valence-corrected chi connectivity index (χ4v) is 4.10. The smallest absolute Gasteiger partial charge is 0.251 e. The first kappa shape index (κ1) is 23.7. The normalized spacial score (nSPS) is 10.7. The average molecular weight is 450 g/mol. The van der Waals surface area contributed by atoms with Gasteiger partial charge in [0.15, 0.2) is 5.16 Å². The first-order valence-electron chi connectivity index (χ1n) is 11.2. The molecule has 1 N–H and O–H groups in total. The number of hydrogen-bond donors (Lipinski definition) is 1. The summed E-state index contributed by atoms with van der Waals surface area (Å²) in [5, 5.41) is 3.75. The minimum absolute atomic E-state index is 0.0667. The summed E-state index contributed by atoms with van der Waals surface area (Å²) in [5.74, 6) is 1.68. The Morgan fingerprint density at radius 3 is 2.44 bits per heavy atom. The van der Waals surface area contributed by atoms with Crippen LogP contribution in [0, 0.1) is 0 Å². The molecular weight excluding hydrogens is 418 g/mol. The molecular formula is C25H31N5OS. The van der Waals surface area contributed by atoms with Crippen LogP contribution < -0.4 is 10.2 Å². The van der Waals surface area contributed by atoms with Crippen molar-refractivity contribution in [1.29, 1.82) is 0 Å². The third-order valence-corrected chi connectivity index (χ3v) is 6.09. The number of anilines is 1. The van der Waals surface area contributed by atoms with E-state index in [1.165, 1.54) is 0 Å². The third kappa shape index (κ3) is 6.79. The number of thioether (sulfide) groups is 1. The SMILES string of the molecule is CCc1cc(N(CC)CC)nc(SCc2ccc(C(=O)NCCc3ccccn3)cc2)n1. The van der Waals surface area contributed by atoms with Crippen molar-refractivity contribution in [3.05, 3.63) is 77.2 Å². The molecule has 0 fully saturated rings. The molecule has 1 amide bonds. The Labute approximate surface area is 194 Å². The maximum absolute atomic E-state index is 12.4. The number of carbonyl (C=O) groups is 1. The lowest BCUT2D eigenvalue weighted by molar-refractivity contribution is 0.0954. The number of aromatic nitrogens is 3. The molecule has 3 rings (SSSR count). The number of carbonyl (C=O) groups excluding carboxylic acids is 1. The summed E-state index contributed by atoms with van der Waals surface area (Å²) < 4.78 is 0. The molecule has 0 saturated carbocycles. The Hall–Kier alpha value is -2.93. The highest BCUT2D eigenvalue weighted by molar-refractivity contribution is 7.98. The van der Waals surface area contributed by atoms with E-state index in [1.54, 1.807) is 18.0 Å². The Kier molecular flexibility index (Phi) is 9.04. The van der Waals surface area contributed by atoms with Gasteiger partial charge in [0.25, 0.3) is 5.91 Å². The Morgan fingerprint density at radius 2 is 1.78 bits per heavy atom. The fourth-order valence-electron chi connectivity index (χ4n) is 3.27. The minimum Gasteiger partial charge on any atom is -0.357 e. The van der Waals surface area contributed by atoms with Gasteiger partial charge in [-0.05, 0) is 50.1 Å². The van der Waals surface area contributed by atoms with Crippen molar-refractivity contribution in [1.82, 2.24) is 20.3 Å². The van der Waals surface area contributed by atoms with Crippen LogP contribution in [0.1, 0.15) is 48.1 Å². The third-order valence-electron chi connectivity index (χ3n) is 5.17. The van der Waals surface area contributed by atoms with E-state index >= 15 is 0 Å². The molecule has 0 aliphatic carbocycles. The van der Waals surface area contributed by atoms with E-state index in [0.717, 1.165) is 53.2 Å².